The lowest BCUT2D eigenvalue weighted by Crippen LogP contribution is -2.22. The Labute approximate surface area is 174 Å². The number of fused-ring (bicyclic) bond motifs is 2. The number of esters is 1. The van der Waals surface area contributed by atoms with Crippen molar-refractivity contribution in [2.45, 2.75) is 26.2 Å². The van der Waals surface area contributed by atoms with Gasteiger partial charge in [0.25, 0.3) is 0 Å². The number of furan rings is 1. The fraction of sp³-hybridized carbons (Fsp3) is 0.200. The molecule has 1 aliphatic rings. The van der Waals surface area contributed by atoms with E-state index in [1.807, 2.05) is 18.2 Å². The summed E-state index contributed by atoms with van der Waals surface area (Å²) in [5.41, 5.74) is 13.5. The van der Waals surface area contributed by atoms with E-state index in [9.17, 15) is 4.79 Å². The van der Waals surface area contributed by atoms with E-state index in [0.29, 0.717) is 41.1 Å². The molecule has 0 saturated heterocycles. The highest BCUT2D eigenvalue weighted by molar-refractivity contribution is 9.10. The Morgan fingerprint density at radius 2 is 2.10 bits per heavy atom. The van der Waals surface area contributed by atoms with Gasteiger partial charge in [-0.15, -0.1) is 5.10 Å². The molecule has 148 valence electrons. The van der Waals surface area contributed by atoms with Crippen LogP contribution in [0.25, 0.3) is 10.9 Å². The number of rotatable bonds is 3. The number of pyridine rings is 1. The summed E-state index contributed by atoms with van der Waals surface area (Å²) in [6.45, 7) is 1.80. The van der Waals surface area contributed by atoms with Crippen LogP contribution in [0.4, 0.5) is 0 Å². The number of hydrogen-bond acceptors (Lipinski definition) is 6. The van der Waals surface area contributed by atoms with Gasteiger partial charge in [-0.25, -0.2) is 4.79 Å². The van der Waals surface area contributed by atoms with Crippen molar-refractivity contribution in [3.8, 4) is 5.75 Å². The third-order valence-corrected chi connectivity index (χ3v) is 5.37. The maximum absolute atomic E-state index is 12.9. The average molecular weight is 456 g/mol. The summed E-state index contributed by atoms with van der Waals surface area (Å²) < 4.78 is 12.4. The van der Waals surface area contributed by atoms with Crippen molar-refractivity contribution < 1.29 is 13.9 Å². The molecular weight excluding hydrogens is 438 g/mol. The number of aromatic nitrogens is 1. The van der Waals surface area contributed by atoms with Crippen LogP contribution in [0.15, 0.2) is 49.6 Å². The second-order valence-corrected chi connectivity index (χ2v) is 7.47. The molecule has 4 rings (SSSR count). The molecule has 0 aliphatic heterocycles. The number of aryl methyl sites for hydroxylation is 1. The number of nitrogens with two attached hydrogens (primary N) is 2. The summed E-state index contributed by atoms with van der Waals surface area (Å²) in [6.07, 6.45) is 3.87. The molecule has 0 spiro atoms. The number of ether oxygens (including phenoxy) is 1. The van der Waals surface area contributed by atoms with E-state index in [4.69, 9.17) is 20.6 Å². The molecule has 0 unspecified atom stereocenters. The van der Waals surface area contributed by atoms with Gasteiger partial charge in [0.15, 0.2) is 5.75 Å². The highest BCUT2D eigenvalue weighted by Gasteiger charge is 2.29. The van der Waals surface area contributed by atoms with Crippen molar-refractivity contribution in [1.29, 1.82) is 0 Å². The summed E-state index contributed by atoms with van der Waals surface area (Å²) in [5.74, 6) is 0.467. The number of nitrogens with zero attached hydrogens (tertiary/aromatic N) is 3. The first-order valence-corrected chi connectivity index (χ1v) is 9.78. The normalized spacial score (nSPS) is 14.6. The summed E-state index contributed by atoms with van der Waals surface area (Å²) in [6, 6.07) is 7.22. The van der Waals surface area contributed by atoms with Gasteiger partial charge in [-0.2, -0.15) is 5.10 Å². The predicted octanol–water partition coefficient (Wildman–Crippen LogP) is 3.43. The van der Waals surface area contributed by atoms with Crippen LogP contribution in [0, 0.1) is 6.92 Å². The lowest BCUT2D eigenvalue weighted by atomic mass is 9.93. The van der Waals surface area contributed by atoms with Crippen molar-refractivity contribution in [3.05, 3.63) is 57.6 Å². The van der Waals surface area contributed by atoms with Crippen LogP contribution >= 0.6 is 15.9 Å². The molecule has 1 aliphatic carbocycles. The Balaban J connectivity index is 1.71. The highest BCUT2D eigenvalue weighted by Crippen LogP contribution is 2.33. The van der Waals surface area contributed by atoms with Gasteiger partial charge in [-0.3, -0.25) is 4.98 Å². The van der Waals surface area contributed by atoms with Gasteiger partial charge >= 0.3 is 5.97 Å². The van der Waals surface area contributed by atoms with Crippen LogP contribution in [-0.4, -0.2) is 22.6 Å². The lowest BCUT2D eigenvalue weighted by Gasteiger charge is -2.11. The lowest BCUT2D eigenvalue weighted by molar-refractivity contribution is 0.0700. The second kappa shape index (κ2) is 7.67. The van der Waals surface area contributed by atoms with Crippen LogP contribution in [0.2, 0.25) is 0 Å². The standard InChI is InChI=1S/C20H18BrN5O3/c1-10-16-13(25-26-20(22)23)5-2-6-14(16)28-18(10)19(27)29-15-8-7-12(21)11-4-3-9-24-17(11)15/h3-4,7-9H,2,5-6H2,1H3,(H4,22,23,26)/b25-13+. The number of hydrogen-bond donors (Lipinski definition) is 2. The van der Waals surface area contributed by atoms with Gasteiger partial charge in [0.2, 0.25) is 11.7 Å². The number of carbonyl (C=O) groups is 1. The first-order valence-electron chi connectivity index (χ1n) is 8.99. The molecule has 0 bridgehead atoms. The molecule has 0 fully saturated rings. The first kappa shape index (κ1) is 19.1. The van der Waals surface area contributed by atoms with Crippen molar-refractivity contribution in [2.24, 2.45) is 21.7 Å². The van der Waals surface area contributed by atoms with Gasteiger partial charge in [0, 0.05) is 33.6 Å². The monoisotopic (exact) mass is 455 g/mol. The van der Waals surface area contributed by atoms with Crippen LogP contribution in [0.3, 0.4) is 0 Å². The van der Waals surface area contributed by atoms with Crippen molar-refractivity contribution >= 4 is 44.5 Å². The Morgan fingerprint density at radius 3 is 2.90 bits per heavy atom. The van der Waals surface area contributed by atoms with Gasteiger partial charge in [-0.05, 0) is 38.0 Å². The van der Waals surface area contributed by atoms with E-state index in [1.54, 1.807) is 19.2 Å². The predicted molar refractivity (Wildman–Crippen MR) is 113 cm³/mol. The summed E-state index contributed by atoms with van der Waals surface area (Å²) in [4.78, 5) is 17.2. The van der Waals surface area contributed by atoms with Crippen molar-refractivity contribution in [2.75, 3.05) is 0 Å². The molecular formula is C20H18BrN5O3. The number of halogens is 1. The first-order chi connectivity index (χ1) is 14.0. The molecule has 3 aromatic rings. The van der Waals surface area contributed by atoms with Crippen molar-refractivity contribution in [3.63, 3.8) is 0 Å². The molecule has 9 heteroatoms. The number of guanidine groups is 1. The molecule has 0 saturated carbocycles. The van der Waals surface area contributed by atoms with Crippen LogP contribution in [-0.2, 0) is 6.42 Å². The molecule has 1 aromatic carbocycles. The molecule has 8 nitrogen and oxygen atoms in total. The van der Waals surface area contributed by atoms with Crippen LogP contribution in [0.5, 0.6) is 5.75 Å². The quantitative estimate of drug-likeness (QED) is 0.204. The maximum Gasteiger partial charge on any atom is 0.380 e. The largest absolute Gasteiger partial charge is 0.453 e. The third-order valence-electron chi connectivity index (χ3n) is 4.68. The Kier molecular flexibility index (Phi) is 5.06. The minimum absolute atomic E-state index is 0.125. The summed E-state index contributed by atoms with van der Waals surface area (Å²) in [5, 5.41) is 8.71. The average Bonchev–Trinajstić information content (AvgIpc) is 3.06. The molecule has 0 amide bonds. The zero-order valence-corrected chi connectivity index (χ0v) is 17.2. The van der Waals surface area contributed by atoms with E-state index in [2.05, 4.69) is 31.1 Å². The molecule has 2 heterocycles. The van der Waals surface area contributed by atoms with Gasteiger partial charge in [0.1, 0.15) is 11.3 Å². The number of carbonyl (C=O) groups excluding carboxylic acids is 1. The fourth-order valence-electron chi connectivity index (χ4n) is 3.42. The van der Waals surface area contributed by atoms with E-state index in [1.165, 1.54) is 0 Å². The van der Waals surface area contributed by atoms with E-state index in [0.717, 1.165) is 21.8 Å². The molecule has 4 N–H and O–H groups in total. The Morgan fingerprint density at radius 1 is 1.28 bits per heavy atom. The minimum Gasteiger partial charge on any atom is -0.453 e. The number of benzene rings is 1. The van der Waals surface area contributed by atoms with E-state index in [-0.39, 0.29) is 11.7 Å². The topological polar surface area (TPSA) is 129 Å². The second-order valence-electron chi connectivity index (χ2n) is 6.61. The molecule has 0 radical (unpaired) electrons. The molecule has 2 aromatic heterocycles. The zero-order valence-electron chi connectivity index (χ0n) is 15.6. The Hall–Kier alpha value is -3.20. The Bertz CT molecular complexity index is 1180. The zero-order chi connectivity index (χ0) is 20.5. The minimum atomic E-state index is -0.590. The molecule has 29 heavy (non-hydrogen) atoms. The SMILES string of the molecule is Cc1c(C(=O)Oc2ccc(Br)c3cccnc23)oc2c1/C(=N/N=C(N)N)CCC2. The van der Waals surface area contributed by atoms with Gasteiger partial charge in [0.05, 0.1) is 5.71 Å². The van der Waals surface area contributed by atoms with Gasteiger partial charge in [-0.1, -0.05) is 22.0 Å². The van der Waals surface area contributed by atoms with E-state index < -0.39 is 5.97 Å². The summed E-state index contributed by atoms with van der Waals surface area (Å²) >= 11 is 3.48. The highest BCUT2D eigenvalue weighted by atomic mass is 79.9. The maximum atomic E-state index is 12.9. The third kappa shape index (κ3) is 3.61. The van der Waals surface area contributed by atoms with Crippen molar-refractivity contribution in [1.82, 2.24) is 4.98 Å². The van der Waals surface area contributed by atoms with Crippen LogP contribution < -0.4 is 16.2 Å². The molecule has 0 atom stereocenters. The summed E-state index contributed by atoms with van der Waals surface area (Å²) in [7, 11) is 0. The van der Waals surface area contributed by atoms with Gasteiger partial charge < -0.3 is 20.6 Å². The fourth-order valence-corrected chi connectivity index (χ4v) is 3.87. The van der Waals surface area contributed by atoms with E-state index >= 15 is 0 Å². The van der Waals surface area contributed by atoms with Crippen LogP contribution in [0.1, 0.15) is 40.3 Å². The smallest absolute Gasteiger partial charge is 0.380 e.